The first-order valence-corrected chi connectivity index (χ1v) is 6.91. The van der Waals surface area contributed by atoms with Gasteiger partial charge in [0.1, 0.15) is 0 Å². The van der Waals surface area contributed by atoms with Crippen molar-refractivity contribution in [3.63, 3.8) is 0 Å². The number of allylic oxidation sites excluding steroid dienone is 1. The number of carbonyl (C=O) groups is 1. The Morgan fingerprint density at radius 3 is 2.80 bits per heavy atom. The molecule has 5 nitrogen and oxygen atoms in total. The Balaban J connectivity index is 1.95. The van der Waals surface area contributed by atoms with Crippen molar-refractivity contribution in [3.8, 4) is 0 Å². The van der Waals surface area contributed by atoms with Crippen molar-refractivity contribution < 1.29 is 9.90 Å². The molecule has 1 aromatic rings. The lowest BCUT2D eigenvalue weighted by Gasteiger charge is -2.43. The molecule has 1 aromatic carbocycles. The van der Waals surface area contributed by atoms with Crippen LogP contribution in [0.4, 0.5) is 11.4 Å². The molecule has 5 heteroatoms. The van der Waals surface area contributed by atoms with Gasteiger partial charge in [-0.15, -0.1) is 0 Å². The molecule has 0 radical (unpaired) electrons. The van der Waals surface area contributed by atoms with Gasteiger partial charge in [0.25, 0.3) is 0 Å². The summed E-state index contributed by atoms with van der Waals surface area (Å²) < 4.78 is 0. The van der Waals surface area contributed by atoms with E-state index in [0.29, 0.717) is 11.6 Å². The summed E-state index contributed by atoms with van der Waals surface area (Å²) in [5, 5.41) is 13.0. The van der Waals surface area contributed by atoms with Gasteiger partial charge in [-0.2, -0.15) is 0 Å². The predicted molar refractivity (Wildman–Crippen MR) is 76.1 cm³/mol. The first kappa shape index (κ1) is 11.5. The number of para-hydroxylation sites is 2. The number of benzene rings is 1. The number of hydrogen-bond donors (Lipinski definition) is 2. The molecule has 4 aliphatic rings. The number of aliphatic carboxylic acids is 1. The van der Waals surface area contributed by atoms with E-state index in [4.69, 9.17) is 0 Å². The number of nitrogens with one attached hydrogen (secondary N) is 1. The van der Waals surface area contributed by atoms with Crippen LogP contribution in [0.15, 0.2) is 40.7 Å². The van der Waals surface area contributed by atoms with Crippen molar-refractivity contribution in [1.82, 2.24) is 4.90 Å². The average Bonchev–Trinajstić information content (AvgIpc) is 2.66. The summed E-state index contributed by atoms with van der Waals surface area (Å²) in [6.45, 7) is 1.85. The Kier molecular flexibility index (Phi) is 2.36. The molecular weight excluding hydrogens is 254 g/mol. The van der Waals surface area contributed by atoms with E-state index < -0.39 is 5.97 Å². The highest BCUT2D eigenvalue weighted by Crippen LogP contribution is 2.41. The zero-order chi connectivity index (χ0) is 13.7. The fourth-order valence-corrected chi connectivity index (χ4v) is 3.34. The zero-order valence-electron chi connectivity index (χ0n) is 11.0. The fourth-order valence-electron chi connectivity index (χ4n) is 3.34. The monoisotopic (exact) mass is 269 g/mol. The van der Waals surface area contributed by atoms with Crippen molar-refractivity contribution in [2.75, 3.05) is 18.4 Å². The summed E-state index contributed by atoms with van der Waals surface area (Å²) >= 11 is 0. The van der Waals surface area contributed by atoms with Gasteiger partial charge in [0.15, 0.2) is 5.71 Å². The number of fused-ring (bicyclic) bond motifs is 3. The lowest BCUT2D eigenvalue weighted by atomic mass is 9.85. The molecule has 20 heavy (non-hydrogen) atoms. The van der Waals surface area contributed by atoms with Gasteiger partial charge in [0.2, 0.25) is 0 Å². The van der Waals surface area contributed by atoms with Gasteiger partial charge in [0, 0.05) is 24.7 Å². The molecule has 0 aromatic heterocycles. The van der Waals surface area contributed by atoms with Crippen LogP contribution in [0.5, 0.6) is 0 Å². The van der Waals surface area contributed by atoms with Crippen LogP contribution >= 0.6 is 0 Å². The summed E-state index contributed by atoms with van der Waals surface area (Å²) in [6, 6.07) is 7.62. The average molecular weight is 269 g/mol. The summed E-state index contributed by atoms with van der Waals surface area (Å²) in [5.41, 5.74) is 3.58. The molecule has 0 aliphatic carbocycles. The number of hydrogen-bond acceptors (Lipinski definition) is 4. The van der Waals surface area contributed by atoms with Crippen molar-refractivity contribution in [2.24, 2.45) is 10.9 Å². The molecular formula is C15H15N3O2. The molecule has 0 amide bonds. The maximum atomic E-state index is 11.6. The van der Waals surface area contributed by atoms with Crippen LogP contribution in [-0.4, -0.2) is 34.8 Å². The molecule has 5 rings (SSSR count). The molecule has 0 unspecified atom stereocenters. The standard InChI is InChI=1S/C15H15N3O2/c19-15(20)13-14-12(9-5-7-18(14)8-6-9)16-10-3-1-2-4-11(10)17-13/h1-4,9,16H,5-8H2,(H,19,20). The summed E-state index contributed by atoms with van der Waals surface area (Å²) in [7, 11) is 0. The smallest absolute Gasteiger partial charge is 0.356 e. The molecule has 1 saturated heterocycles. The van der Waals surface area contributed by atoms with E-state index in [9.17, 15) is 9.90 Å². The maximum Gasteiger partial charge on any atom is 0.356 e. The summed E-state index contributed by atoms with van der Waals surface area (Å²) in [4.78, 5) is 18.2. The van der Waals surface area contributed by atoms with E-state index in [0.717, 1.165) is 43.0 Å². The van der Waals surface area contributed by atoms with Gasteiger partial charge >= 0.3 is 5.97 Å². The Labute approximate surface area is 116 Å². The number of carboxylic acids is 1. The second-order valence-corrected chi connectivity index (χ2v) is 5.43. The minimum atomic E-state index is -0.955. The summed E-state index contributed by atoms with van der Waals surface area (Å²) in [6.07, 6.45) is 2.17. The van der Waals surface area contributed by atoms with Crippen LogP contribution < -0.4 is 5.32 Å². The van der Waals surface area contributed by atoms with Crippen LogP contribution in [0.25, 0.3) is 0 Å². The van der Waals surface area contributed by atoms with E-state index in [1.807, 2.05) is 24.3 Å². The topological polar surface area (TPSA) is 64.9 Å². The Hall–Kier alpha value is -2.30. The van der Waals surface area contributed by atoms with Crippen LogP contribution in [0.1, 0.15) is 12.8 Å². The fraction of sp³-hybridized carbons (Fsp3) is 0.333. The first-order valence-electron chi connectivity index (χ1n) is 6.91. The molecule has 4 heterocycles. The molecule has 2 bridgehead atoms. The van der Waals surface area contributed by atoms with Gasteiger partial charge in [0.05, 0.1) is 17.1 Å². The van der Waals surface area contributed by atoms with E-state index in [2.05, 4.69) is 15.2 Å². The van der Waals surface area contributed by atoms with E-state index in [-0.39, 0.29) is 5.71 Å². The Morgan fingerprint density at radius 1 is 1.30 bits per heavy atom. The van der Waals surface area contributed by atoms with Crippen LogP contribution in [0.3, 0.4) is 0 Å². The first-order chi connectivity index (χ1) is 9.74. The third kappa shape index (κ3) is 1.56. The molecule has 2 N–H and O–H groups in total. The number of anilines is 1. The molecule has 0 atom stereocenters. The summed E-state index contributed by atoms with van der Waals surface area (Å²) in [5.74, 6) is -0.533. The third-order valence-corrected chi connectivity index (χ3v) is 4.31. The highest BCUT2D eigenvalue weighted by atomic mass is 16.4. The second-order valence-electron chi connectivity index (χ2n) is 5.43. The van der Waals surface area contributed by atoms with Crippen molar-refractivity contribution in [2.45, 2.75) is 12.8 Å². The maximum absolute atomic E-state index is 11.6. The number of carboxylic acid groups (broad SMARTS) is 1. The normalized spacial score (nSPS) is 20.8. The van der Waals surface area contributed by atoms with Gasteiger partial charge in [-0.1, -0.05) is 12.1 Å². The van der Waals surface area contributed by atoms with E-state index in [1.54, 1.807) is 0 Å². The lowest BCUT2D eigenvalue weighted by molar-refractivity contribution is -0.129. The van der Waals surface area contributed by atoms with Crippen LogP contribution in [-0.2, 0) is 4.79 Å². The van der Waals surface area contributed by atoms with E-state index in [1.165, 1.54) is 0 Å². The van der Waals surface area contributed by atoms with Crippen LogP contribution in [0.2, 0.25) is 0 Å². The zero-order valence-corrected chi connectivity index (χ0v) is 11.0. The lowest BCUT2D eigenvalue weighted by Crippen LogP contribution is -2.45. The SMILES string of the molecule is O=C(O)C1=Nc2ccccc2NC2=C1N1CCC2CC1. The van der Waals surface area contributed by atoms with Gasteiger partial charge < -0.3 is 15.3 Å². The van der Waals surface area contributed by atoms with E-state index >= 15 is 0 Å². The van der Waals surface area contributed by atoms with Crippen molar-refractivity contribution >= 4 is 23.1 Å². The largest absolute Gasteiger partial charge is 0.476 e. The molecule has 102 valence electrons. The van der Waals surface area contributed by atoms with Crippen molar-refractivity contribution in [3.05, 3.63) is 35.7 Å². The molecule has 4 aliphatic heterocycles. The molecule has 1 fully saturated rings. The Morgan fingerprint density at radius 2 is 2.05 bits per heavy atom. The minimum absolute atomic E-state index is 0.168. The minimum Gasteiger partial charge on any atom is -0.476 e. The van der Waals surface area contributed by atoms with Gasteiger partial charge in [-0.25, -0.2) is 9.79 Å². The van der Waals surface area contributed by atoms with Crippen LogP contribution in [0, 0.1) is 5.92 Å². The highest BCUT2D eigenvalue weighted by Gasteiger charge is 2.38. The number of nitrogens with zero attached hydrogens (tertiary/aromatic N) is 2. The molecule has 0 spiro atoms. The molecule has 0 saturated carbocycles. The predicted octanol–water partition coefficient (Wildman–Crippen LogP) is 2.21. The van der Waals surface area contributed by atoms with Crippen molar-refractivity contribution in [1.29, 1.82) is 0 Å². The third-order valence-electron chi connectivity index (χ3n) is 4.31. The number of aliphatic imine (C=N–C) groups is 1. The number of piperidine rings is 1. The quantitative estimate of drug-likeness (QED) is 0.820. The second kappa shape index (κ2) is 4.10. The highest BCUT2D eigenvalue weighted by molar-refractivity contribution is 6.43. The van der Waals surface area contributed by atoms with Gasteiger partial charge in [-0.3, -0.25) is 0 Å². The number of rotatable bonds is 1. The van der Waals surface area contributed by atoms with Gasteiger partial charge in [-0.05, 0) is 25.0 Å². The Bertz CT molecular complexity index is 655.